The van der Waals surface area contributed by atoms with Gasteiger partial charge in [-0.25, -0.2) is 0 Å². The highest BCUT2D eigenvalue weighted by molar-refractivity contribution is 5.67. The number of unbranched alkanes of at least 4 members (excludes halogenated alkanes) is 10. The first-order chi connectivity index (χ1) is 13.3. The molecule has 0 amide bonds. The summed E-state index contributed by atoms with van der Waals surface area (Å²) in [5.74, 6) is -0.830. The van der Waals surface area contributed by atoms with Crippen LogP contribution in [0.1, 0.15) is 77.0 Å². The molecule has 0 spiro atoms. The van der Waals surface area contributed by atoms with Crippen molar-refractivity contribution in [3.8, 4) is 0 Å². The summed E-state index contributed by atoms with van der Waals surface area (Å²) in [7, 11) is 6.09. The molecule has 28 heavy (non-hydrogen) atoms. The zero-order valence-electron chi connectivity index (χ0n) is 18.4. The summed E-state index contributed by atoms with van der Waals surface area (Å²) < 4.78 is 6.27. The molecule has 0 aliphatic rings. The Balaban J connectivity index is 3.65. The molecular formula is C23H44NO4+. The Labute approximate surface area is 172 Å². The summed E-state index contributed by atoms with van der Waals surface area (Å²) in [4.78, 5) is 10.9. The summed E-state index contributed by atoms with van der Waals surface area (Å²) in [6.45, 7) is 0.988. The van der Waals surface area contributed by atoms with Crippen molar-refractivity contribution in [2.45, 2.75) is 83.2 Å². The van der Waals surface area contributed by atoms with Crippen molar-refractivity contribution in [3.63, 3.8) is 0 Å². The summed E-state index contributed by atoms with van der Waals surface area (Å²) in [6.07, 6.45) is 20.8. The Bertz CT molecular complexity index is 427. The van der Waals surface area contributed by atoms with E-state index < -0.39 is 5.97 Å². The SMILES string of the molecule is C[N+](C)(C)CC(CC(=O)O)OC=CC=CCCCCCCCCCCCCO. The van der Waals surface area contributed by atoms with Gasteiger partial charge in [0.05, 0.1) is 33.8 Å². The number of rotatable bonds is 19. The average molecular weight is 399 g/mol. The highest BCUT2D eigenvalue weighted by Gasteiger charge is 2.21. The maximum atomic E-state index is 10.9. The second kappa shape index (κ2) is 17.7. The van der Waals surface area contributed by atoms with Gasteiger partial charge < -0.3 is 19.4 Å². The lowest BCUT2D eigenvalue weighted by Crippen LogP contribution is -2.42. The molecule has 0 rings (SSSR count). The minimum atomic E-state index is -0.830. The molecule has 0 aromatic carbocycles. The number of hydrogen-bond acceptors (Lipinski definition) is 3. The lowest BCUT2D eigenvalue weighted by molar-refractivity contribution is -0.873. The molecule has 1 unspecified atom stereocenters. The zero-order chi connectivity index (χ0) is 21.1. The highest BCUT2D eigenvalue weighted by atomic mass is 16.5. The van der Waals surface area contributed by atoms with Gasteiger partial charge in [0.25, 0.3) is 0 Å². The van der Waals surface area contributed by atoms with E-state index in [1.807, 2.05) is 33.3 Å². The van der Waals surface area contributed by atoms with E-state index in [9.17, 15) is 4.79 Å². The minimum Gasteiger partial charge on any atom is -0.492 e. The normalized spacial score (nSPS) is 13.4. The second-order valence-corrected chi connectivity index (χ2v) is 8.63. The summed E-state index contributed by atoms with van der Waals surface area (Å²) in [6, 6.07) is 0. The van der Waals surface area contributed by atoms with Crippen molar-refractivity contribution in [1.82, 2.24) is 0 Å². The monoisotopic (exact) mass is 398 g/mol. The number of allylic oxidation sites excluding steroid dienone is 3. The van der Waals surface area contributed by atoms with Crippen molar-refractivity contribution >= 4 is 5.97 Å². The van der Waals surface area contributed by atoms with E-state index in [1.54, 1.807) is 6.26 Å². The molecule has 0 saturated carbocycles. The fourth-order valence-electron chi connectivity index (χ4n) is 3.13. The van der Waals surface area contributed by atoms with E-state index in [-0.39, 0.29) is 12.5 Å². The number of carbonyl (C=O) groups is 1. The van der Waals surface area contributed by atoms with Gasteiger partial charge in [-0.15, -0.1) is 0 Å². The van der Waals surface area contributed by atoms with Crippen LogP contribution in [0.3, 0.4) is 0 Å². The van der Waals surface area contributed by atoms with Crippen molar-refractivity contribution in [2.75, 3.05) is 34.3 Å². The Morgan fingerprint density at radius 1 is 0.893 bits per heavy atom. The standard InChI is InChI=1S/C23H43NO4/c1-24(2,3)21-22(20-23(26)27)28-19-17-15-13-11-9-7-5-4-6-8-10-12-14-16-18-25/h13,15,17,19,22,25H,4-12,14,16,18,20-21H2,1-3H3/p+1. The summed E-state index contributed by atoms with van der Waals surface area (Å²) in [5.41, 5.74) is 0. The lowest BCUT2D eigenvalue weighted by Gasteiger charge is -2.28. The summed E-state index contributed by atoms with van der Waals surface area (Å²) >= 11 is 0. The molecule has 5 heteroatoms. The van der Waals surface area contributed by atoms with E-state index in [4.69, 9.17) is 14.9 Å². The second-order valence-electron chi connectivity index (χ2n) is 8.63. The van der Waals surface area contributed by atoms with Gasteiger partial charge in [0.15, 0.2) is 6.10 Å². The average Bonchev–Trinajstić information content (AvgIpc) is 2.59. The Hall–Kier alpha value is -1.33. The molecule has 0 aromatic rings. The first kappa shape index (κ1) is 26.7. The van der Waals surface area contributed by atoms with Crippen molar-refractivity contribution in [1.29, 1.82) is 0 Å². The van der Waals surface area contributed by atoms with Gasteiger partial charge in [-0.05, 0) is 25.3 Å². The molecule has 164 valence electrons. The van der Waals surface area contributed by atoms with E-state index in [2.05, 4.69) is 6.08 Å². The maximum absolute atomic E-state index is 10.9. The zero-order valence-corrected chi connectivity index (χ0v) is 18.4. The van der Waals surface area contributed by atoms with Gasteiger partial charge in [-0.1, -0.05) is 63.5 Å². The molecule has 0 aliphatic carbocycles. The van der Waals surface area contributed by atoms with E-state index in [1.165, 1.54) is 57.8 Å². The van der Waals surface area contributed by atoms with Crippen molar-refractivity contribution < 1.29 is 24.2 Å². The molecular weight excluding hydrogens is 354 g/mol. The maximum Gasteiger partial charge on any atom is 0.307 e. The number of quaternary nitrogens is 1. The third kappa shape index (κ3) is 21.0. The fraction of sp³-hybridized carbons (Fsp3) is 0.783. The minimum absolute atomic E-state index is 0.0201. The predicted octanol–water partition coefficient (Wildman–Crippen LogP) is 4.91. The number of aliphatic carboxylic acids is 1. The number of carboxylic acid groups (broad SMARTS) is 1. The fourth-order valence-corrected chi connectivity index (χ4v) is 3.13. The predicted molar refractivity (Wildman–Crippen MR) is 116 cm³/mol. The number of ether oxygens (including phenoxy) is 1. The van der Waals surface area contributed by atoms with Gasteiger partial charge in [-0.2, -0.15) is 0 Å². The van der Waals surface area contributed by atoms with Crippen LogP contribution in [0.25, 0.3) is 0 Å². The molecule has 2 N–H and O–H groups in total. The number of aliphatic hydroxyl groups is 1. The van der Waals surface area contributed by atoms with Gasteiger partial charge in [0, 0.05) is 6.61 Å². The smallest absolute Gasteiger partial charge is 0.307 e. The van der Waals surface area contributed by atoms with Crippen LogP contribution in [0, 0.1) is 0 Å². The number of aliphatic hydroxyl groups excluding tert-OH is 1. The van der Waals surface area contributed by atoms with Crippen LogP contribution in [0.15, 0.2) is 24.5 Å². The van der Waals surface area contributed by atoms with Crippen LogP contribution in [0.4, 0.5) is 0 Å². The third-order valence-electron chi connectivity index (χ3n) is 4.53. The van der Waals surface area contributed by atoms with Crippen LogP contribution < -0.4 is 0 Å². The number of likely N-dealkylation sites (N-methyl/N-ethyl adjacent to an activating group) is 1. The topological polar surface area (TPSA) is 66.8 Å². The molecule has 0 aromatic heterocycles. The van der Waals surface area contributed by atoms with Crippen LogP contribution >= 0.6 is 0 Å². The van der Waals surface area contributed by atoms with Gasteiger partial charge >= 0.3 is 5.97 Å². The largest absolute Gasteiger partial charge is 0.492 e. The van der Waals surface area contributed by atoms with E-state index in [0.29, 0.717) is 17.6 Å². The molecule has 0 heterocycles. The Morgan fingerprint density at radius 3 is 1.93 bits per heavy atom. The van der Waals surface area contributed by atoms with Crippen molar-refractivity contribution in [2.24, 2.45) is 0 Å². The summed E-state index contributed by atoms with van der Waals surface area (Å²) in [5, 5.41) is 17.7. The van der Waals surface area contributed by atoms with Gasteiger partial charge in [0.1, 0.15) is 6.54 Å². The van der Waals surface area contributed by atoms with Crippen molar-refractivity contribution in [3.05, 3.63) is 24.5 Å². The molecule has 1 atom stereocenters. The molecule has 0 aliphatic heterocycles. The Kier molecular flexibility index (Phi) is 16.9. The van der Waals surface area contributed by atoms with Gasteiger partial charge in [-0.3, -0.25) is 4.79 Å². The lowest BCUT2D eigenvalue weighted by atomic mass is 10.1. The number of nitrogens with zero attached hydrogens (tertiary/aromatic N) is 1. The van der Waals surface area contributed by atoms with E-state index >= 15 is 0 Å². The van der Waals surface area contributed by atoms with E-state index in [0.717, 1.165) is 12.8 Å². The highest BCUT2D eigenvalue weighted by Crippen LogP contribution is 2.11. The van der Waals surface area contributed by atoms with Crippen LogP contribution in [-0.4, -0.2) is 61.1 Å². The van der Waals surface area contributed by atoms with Crippen LogP contribution in [-0.2, 0) is 9.53 Å². The number of hydrogen-bond donors (Lipinski definition) is 2. The molecule has 0 radical (unpaired) electrons. The molecule has 5 nitrogen and oxygen atoms in total. The quantitative estimate of drug-likeness (QED) is 0.140. The number of carboxylic acids is 1. The first-order valence-corrected chi connectivity index (χ1v) is 11.0. The molecule has 0 bridgehead atoms. The van der Waals surface area contributed by atoms with Crippen LogP contribution in [0.2, 0.25) is 0 Å². The first-order valence-electron chi connectivity index (χ1n) is 11.0. The third-order valence-corrected chi connectivity index (χ3v) is 4.53. The van der Waals surface area contributed by atoms with Gasteiger partial charge in [0.2, 0.25) is 0 Å². The molecule has 0 saturated heterocycles. The van der Waals surface area contributed by atoms with Crippen LogP contribution in [0.5, 0.6) is 0 Å². The molecule has 0 fully saturated rings. The Morgan fingerprint density at radius 2 is 1.43 bits per heavy atom.